The maximum absolute atomic E-state index is 13.7. The summed E-state index contributed by atoms with van der Waals surface area (Å²) < 4.78 is 75.5. The van der Waals surface area contributed by atoms with Crippen LogP contribution in [0.15, 0.2) is 59.3 Å². The Kier molecular flexibility index (Phi) is 6.31. The van der Waals surface area contributed by atoms with Gasteiger partial charge in [-0.1, -0.05) is 23.4 Å². The Bertz CT molecular complexity index is 1350. The Balaban J connectivity index is 1.58. The van der Waals surface area contributed by atoms with E-state index in [1.807, 2.05) is 6.08 Å². The van der Waals surface area contributed by atoms with E-state index in [9.17, 15) is 22.4 Å². The van der Waals surface area contributed by atoms with Crippen molar-refractivity contribution in [2.24, 2.45) is 5.92 Å². The fourth-order valence-corrected chi connectivity index (χ4v) is 5.48. The SMILES string of the molecule is COC(=O)C1CCC2(C=C(c3cc(-c4conc4C(F)(F)F)ccc3OC)CO2)C1c1ccc(F)cc1. The van der Waals surface area contributed by atoms with Gasteiger partial charge in [-0.3, -0.25) is 4.79 Å². The summed E-state index contributed by atoms with van der Waals surface area (Å²) in [6, 6.07) is 10.6. The molecule has 3 unspecified atom stereocenters. The Labute approximate surface area is 209 Å². The number of nitrogens with zero attached hydrogens (tertiary/aromatic N) is 1. The van der Waals surface area contributed by atoms with Gasteiger partial charge in [0.25, 0.3) is 0 Å². The van der Waals surface area contributed by atoms with Crippen molar-refractivity contribution < 1.29 is 41.1 Å². The maximum Gasteiger partial charge on any atom is 0.437 e. The molecule has 37 heavy (non-hydrogen) atoms. The van der Waals surface area contributed by atoms with Crippen molar-refractivity contribution in [3.63, 3.8) is 0 Å². The summed E-state index contributed by atoms with van der Waals surface area (Å²) in [6.45, 7) is 0.140. The number of carbonyl (C=O) groups is 1. The van der Waals surface area contributed by atoms with Crippen LogP contribution in [0.4, 0.5) is 17.6 Å². The molecule has 3 aromatic rings. The Morgan fingerprint density at radius 2 is 1.86 bits per heavy atom. The molecule has 1 aliphatic carbocycles. The van der Waals surface area contributed by atoms with Crippen molar-refractivity contribution in [2.75, 3.05) is 20.8 Å². The van der Waals surface area contributed by atoms with Crippen LogP contribution in [0.1, 0.15) is 35.6 Å². The number of aromatic nitrogens is 1. The Morgan fingerprint density at radius 1 is 1.11 bits per heavy atom. The summed E-state index contributed by atoms with van der Waals surface area (Å²) in [5.41, 5.74) is 0.0200. The predicted molar refractivity (Wildman–Crippen MR) is 124 cm³/mol. The number of esters is 1. The van der Waals surface area contributed by atoms with Gasteiger partial charge in [0.15, 0.2) is 5.69 Å². The molecule has 1 aromatic heterocycles. The van der Waals surface area contributed by atoms with Crippen molar-refractivity contribution in [1.82, 2.24) is 5.16 Å². The van der Waals surface area contributed by atoms with Gasteiger partial charge < -0.3 is 18.7 Å². The molecule has 1 aliphatic heterocycles. The Hall–Kier alpha value is -3.66. The van der Waals surface area contributed by atoms with E-state index in [0.717, 1.165) is 11.8 Å². The normalized spacial score (nSPS) is 23.4. The largest absolute Gasteiger partial charge is 0.496 e. The zero-order valence-corrected chi connectivity index (χ0v) is 20.0. The molecule has 2 heterocycles. The molecule has 1 spiro atoms. The lowest BCUT2D eigenvalue weighted by Gasteiger charge is -2.31. The van der Waals surface area contributed by atoms with E-state index in [4.69, 9.17) is 14.2 Å². The lowest BCUT2D eigenvalue weighted by atomic mass is 9.79. The van der Waals surface area contributed by atoms with E-state index < -0.39 is 35.1 Å². The van der Waals surface area contributed by atoms with Crippen molar-refractivity contribution >= 4 is 11.5 Å². The zero-order chi connectivity index (χ0) is 26.4. The molecule has 194 valence electrons. The quantitative estimate of drug-likeness (QED) is 0.304. The van der Waals surface area contributed by atoms with Crippen molar-refractivity contribution in [2.45, 2.75) is 30.5 Å². The lowest BCUT2D eigenvalue weighted by Crippen LogP contribution is -2.34. The number of carbonyl (C=O) groups excluding carboxylic acids is 1. The van der Waals surface area contributed by atoms with Crippen LogP contribution in [0.25, 0.3) is 16.7 Å². The van der Waals surface area contributed by atoms with E-state index in [-0.39, 0.29) is 23.7 Å². The van der Waals surface area contributed by atoms with Crippen LogP contribution in [0.5, 0.6) is 5.75 Å². The molecule has 2 aromatic carbocycles. The van der Waals surface area contributed by atoms with Crippen LogP contribution in [0.3, 0.4) is 0 Å². The van der Waals surface area contributed by atoms with Crippen molar-refractivity contribution in [3.8, 4) is 16.9 Å². The number of rotatable bonds is 5. The molecule has 1 saturated carbocycles. The molecule has 0 saturated heterocycles. The summed E-state index contributed by atoms with van der Waals surface area (Å²) >= 11 is 0. The van der Waals surface area contributed by atoms with Crippen LogP contribution < -0.4 is 4.74 Å². The maximum atomic E-state index is 13.7. The van der Waals surface area contributed by atoms with Crippen LogP contribution in [0, 0.1) is 11.7 Å². The number of hydrogen-bond acceptors (Lipinski definition) is 6. The average Bonchev–Trinajstić information content (AvgIpc) is 3.63. The molecule has 0 N–H and O–H groups in total. The molecular formula is C27H23F4NO5. The third kappa shape index (κ3) is 4.39. The molecular weight excluding hydrogens is 494 g/mol. The first-order valence-electron chi connectivity index (χ1n) is 11.6. The molecule has 3 atom stereocenters. The third-order valence-corrected chi connectivity index (χ3v) is 7.12. The minimum absolute atomic E-state index is 0.140. The minimum Gasteiger partial charge on any atom is -0.496 e. The second-order valence-electron chi connectivity index (χ2n) is 9.10. The predicted octanol–water partition coefficient (Wildman–Crippen LogP) is 6.03. The molecule has 5 rings (SSSR count). The van der Waals surface area contributed by atoms with E-state index in [1.54, 1.807) is 24.3 Å². The summed E-state index contributed by atoms with van der Waals surface area (Å²) in [4.78, 5) is 12.6. The monoisotopic (exact) mass is 517 g/mol. The first-order valence-corrected chi connectivity index (χ1v) is 11.6. The number of benzene rings is 2. The van der Waals surface area contributed by atoms with Gasteiger partial charge in [0.2, 0.25) is 0 Å². The molecule has 1 fully saturated rings. The molecule has 0 amide bonds. The van der Waals surface area contributed by atoms with Gasteiger partial charge in [0.1, 0.15) is 17.8 Å². The summed E-state index contributed by atoms with van der Waals surface area (Å²) in [5, 5.41) is 3.13. The van der Waals surface area contributed by atoms with Gasteiger partial charge in [-0.05, 0) is 59.9 Å². The van der Waals surface area contributed by atoms with Gasteiger partial charge in [-0.25, -0.2) is 4.39 Å². The van der Waals surface area contributed by atoms with E-state index in [2.05, 4.69) is 9.68 Å². The smallest absolute Gasteiger partial charge is 0.437 e. The fourth-order valence-electron chi connectivity index (χ4n) is 5.48. The summed E-state index contributed by atoms with van der Waals surface area (Å²) in [5.74, 6) is -1.29. The van der Waals surface area contributed by atoms with E-state index >= 15 is 0 Å². The van der Waals surface area contributed by atoms with Gasteiger partial charge in [0.05, 0.1) is 37.9 Å². The molecule has 0 bridgehead atoms. The first kappa shape index (κ1) is 25.0. The molecule has 10 heteroatoms. The first-order chi connectivity index (χ1) is 17.7. The van der Waals surface area contributed by atoms with Crippen LogP contribution in [-0.4, -0.2) is 37.6 Å². The summed E-state index contributed by atoms with van der Waals surface area (Å²) in [7, 11) is 2.79. The number of alkyl halides is 3. The minimum atomic E-state index is -4.68. The standard InChI is InChI=1S/C27H23F4NO5/c1-34-22-8-5-16(21-14-37-32-24(21)27(29,30)31)11-20(22)17-12-26(36-13-17)10-9-19(25(33)35-2)23(26)15-3-6-18(28)7-4-15/h3-8,11-12,14,19,23H,9-10,13H2,1-2H3. The van der Waals surface area contributed by atoms with Gasteiger partial charge in [-0.15, -0.1) is 0 Å². The summed E-state index contributed by atoms with van der Waals surface area (Å²) in [6.07, 6.45) is -0.825. The highest BCUT2D eigenvalue weighted by Crippen LogP contribution is 2.54. The van der Waals surface area contributed by atoms with E-state index in [0.29, 0.717) is 29.7 Å². The number of halogens is 4. The highest BCUT2D eigenvalue weighted by molar-refractivity contribution is 5.80. The van der Waals surface area contributed by atoms with Crippen molar-refractivity contribution in [1.29, 1.82) is 0 Å². The van der Waals surface area contributed by atoms with Gasteiger partial charge >= 0.3 is 12.1 Å². The number of hydrogen-bond donors (Lipinski definition) is 0. The van der Waals surface area contributed by atoms with Crippen LogP contribution in [-0.2, 0) is 20.4 Å². The third-order valence-electron chi connectivity index (χ3n) is 7.12. The van der Waals surface area contributed by atoms with Gasteiger partial charge in [-0.2, -0.15) is 13.2 Å². The fraction of sp³-hybridized carbons (Fsp3) is 0.333. The Morgan fingerprint density at radius 3 is 2.54 bits per heavy atom. The van der Waals surface area contributed by atoms with Crippen molar-refractivity contribution in [3.05, 3.63) is 77.4 Å². The average molecular weight is 517 g/mol. The topological polar surface area (TPSA) is 70.8 Å². The second kappa shape index (κ2) is 9.33. The van der Waals surface area contributed by atoms with E-state index in [1.165, 1.54) is 32.4 Å². The zero-order valence-electron chi connectivity index (χ0n) is 20.0. The van der Waals surface area contributed by atoms with Crippen LogP contribution in [0.2, 0.25) is 0 Å². The van der Waals surface area contributed by atoms with Gasteiger partial charge in [0, 0.05) is 11.5 Å². The molecule has 0 radical (unpaired) electrons. The number of methoxy groups -OCH3 is 2. The highest BCUT2D eigenvalue weighted by atomic mass is 19.4. The molecule has 6 nitrogen and oxygen atoms in total. The molecule has 2 aliphatic rings. The highest BCUT2D eigenvalue weighted by Gasteiger charge is 2.54. The lowest BCUT2D eigenvalue weighted by molar-refractivity contribution is -0.146. The number of ether oxygens (including phenoxy) is 3. The second-order valence-corrected chi connectivity index (χ2v) is 9.10. The van der Waals surface area contributed by atoms with Crippen LogP contribution >= 0.6 is 0 Å².